The zero-order valence-corrected chi connectivity index (χ0v) is 12.4. The highest BCUT2D eigenvalue weighted by Crippen LogP contribution is 2.16. The second-order valence-electron chi connectivity index (χ2n) is 4.74. The summed E-state index contributed by atoms with van der Waals surface area (Å²) in [7, 11) is 0. The number of fused-ring (bicyclic) bond motifs is 1. The fourth-order valence-electron chi connectivity index (χ4n) is 2.36. The standard InChI is InChI=1S/C15H18N4S/c1-2-7-19-14-6-4-3-5-13(14)18-15(19)10-16-8-12-9-17-11-20-12/h3-6,9,11,16H,2,7-8,10H2,1H3. The number of hydrogen-bond acceptors (Lipinski definition) is 4. The molecule has 104 valence electrons. The Morgan fingerprint density at radius 2 is 2.15 bits per heavy atom. The Kier molecular flexibility index (Phi) is 4.08. The minimum Gasteiger partial charge on any atom is -0.327 e. The minimum atomic E-state index is 0.784. The number of nitrogens with one attached hydrogen (secondary N) is 1. The molecule has 0 radical (unpaired) electrons. The molecule has 5 heteroatoms. The van der Waals surface area contributed by atoms with Gasteiger partial charge in [0.2, 0.25) is 0 Å². The summed E-state index contributed by atoms with van der Waals surface area (Å²) in [5.41, 5.74) is 4.17. The van der Waals surface area contributed by atoms with Gasteiger partial charge in [0.25, 0.3) is 0 Å². The van der Waals surface area contributed by atoms with E-state index in [4.69, 9.17) is 4.98 Å². The lowest BCUT2D eigenvalue weighted by Crippen LogP contribution is -2.16. The lowest BCUT2D eigenvalue weighted by Gasteiger charge is -2.08. The van der Waals surface area contributed by atoms with Crippen LogP contribution in [0.3, 0.4) is 0 Å². The molecular formula is C15H18N4S. The summed E-state index contributed by atoms with van der Waals surface area (Å²) in [5, 5.41) is 3.45. The van der Waals surface area contributed by atoms with Crippen LogP contribution in [0.25, 0.3) is 11.0 Å². The number of para-hydroxylation sites is 2. The minimum absolute atomic E-state index is 0.784. The fourth-order valence-corrected chi connectivity index (χ4v) is 2.92. The van der Waals surface area contributed by atoms with Gasteiger partial charge in [0, 0.05) is 24.2 Å². The van der Waals surface area contributed by atoms with Gasteiger partial charge in [-0.3, -0.25) is 4.98 Å². The van der Waals surface area contributed by atoms with Crippen molar-refractivity contribution in [2.75, 3.05) is 0 Å². The summed E-state index contributed by atoms with van der Waals surface area (Å²) in [4.78, 5) is 10.1. The van der Waals surface area contributed by atoms with Gasteiger partial charge in [-0.1, -0.05) is 19.1 Å². The largest absolute Gasteiger partial charge is 0.327 e. The smallest absolute Gasteiger partial charge is 0.123 e. The summed E-state index contributed by atoms with van der Waals surface area (Å²) >= 11 is 1.68. The molecule has 0 bridgehead atoms. The molecule has 2 heterocycles. The zero-order chi connectivity index (χ0) is 13.8. The first-order chi connectivity index (χ1) is 9.88. The van der Waals surface area contributed by atoms with Crippen molar-refractivity contribution in [3.8, 4) is 0 Å². The second-order valence-corrected chi connectivity index (χ2v) is 5.71. The highest BCUT2D eigenvalue weighted by atomic mass is 32.1. The van der Waals surface area contributed by atoms with Gasteiger partial charge in [-0.15, -0.1) is 11.3 Å². The normalized spacial score (nSPS) is 11.2. The number of aryl methyl sites for hydroxylation is 1. The van der Waals surface area contributed by atoms with E-state index in [0.29, 0.717) is 0 Å². The Morgan fingerprint density at radius 3 is 2.95 bits per heavy atom. The lowest BCUT2D eigenvalue weighted by molar-refractivity contribution is 0.600. The van der Waals surface area contributed by atoms with Gasteiger partial charge in [0.15, 0.2) is 0 Å². The molecule has 0 aliphatic carbocycles. The molecule has 0 spiro atoms. The van der Waals surface area contributed by atoms with Crippen molar-refractivity contribution in [1.29, 1.82) is 0 Å². The molecule has 4 nitrogen and oxygen atoms in total. The van der Waals surface area contributed by atoms with Gasteiger partial charge in [0.1, 0.15) is 5.82 Å². The van der Waals surface area contributed by atoms with Gasteiger partial charge >= 0.3 is 0 Å². The summed E-state index contributed by atoms with van der Waals surface area (Å²) in [6.07, 6.45) is 3.02. The third-order valence-electron chi connectivity index (χ3n) is 3.25. The molecule has 0 amide bonds. The number of hydrogen-bond donors (Lipinski definition) is 1. The molecule has 20 heavy (non-hydrogen) atoms. The summed E-state index contributed by atoms with van der Waals surface area (Å²) < 4.78 is 2.31. The van der Waals surface area contributed by atoms with E-state index in [1.807, 2.05) is 17.8 Å². The van der Waals surface area contributed by atoms with Gasteiger partial charge in [-0.2, -0.15) is 0 Å². The van der Waals surface area contributed by atoms with Crippen molar-refractivity contribution in [1.82, 2.24) is 19.9 Å². The van der Waals surface area contributed by atoms with E-state index in [2.05, 4.69) is 40.0 Å². The summed E-state index contributed by atoms with van der Waals surface area (Å²) in [6.45, 7) is 4.84. The topological polar surface area (TPSA) is 42.7 Å². The molecular weight excluding hydrogens is 268 g/mol. The molecule has 0 saturated heterocycles. The van der Waals surface area contributed by atoms with Gasteiger partial charge < -0.3 is 9.88 Å². The van der Waals surface area contributed by atoms with E-state index in [1.165, 1.54) is 10.4 Å². The maximum absolute atomic E-state index is 4.74. The van der Waals surface area contributed by atoms with Crippen molar-refractivity contribution in [2.24, 2.45) is 0 Å². The number of nitrogens with zero attached hydrogens (tertiary/aromatic N) is 3. The van der Waals surface area contributed by atoms with Crippen LogP contribution >= 0.6 is 11.3 Å². The van der Waals surface area contributed by atoms with Crippen molar-refractivity contribution >= 4 is 22.4 Å². The third kappa shape index (κ3) is 2.73. The van der Waals surface area contributed by atoms with Crippen molar-refractivity contribution in [2.45, 2.75) is 33.0 Å². The van der Waals surface area contributed by atoms with Crippen LogP contribution in [-0.4, -0.2) is 14.5 Å². The highest BCUT2D eigenvalue weighted by Gasteiger charge is 2.09. The second kappa shape index (κ2) is 6.15. The predicted molar refractivity (Wildman–Crippen MR) is 82.7 cm³/mol. The van der Waals surface area contributed by atoms with Crippen molar-refractivity contribution < 1.29 is 0 Å². The zero-order valence-electron chi connectivity index (χ0n) is 11.5. The molecule has 1 N–H and O–H groups in total. The molecule has 3 aromatic rings. The molecule has 0 aliphatic rings. The van der Waals surface area contributed by atoms with Crippen LogP contribution in [0.4, 0.5) is 0 Å². The number of rotatable bonds is 6. The van der Waals surface area contributed by atoms with Crippen LogP contribution in [0.1, 0.15) is 24.0 Å². The third-order valence-corrected chi connectivity index (χ3v) is 4.03. The van der Waals surface area contributed by atoms with Crippen LogP contribution in [0.5, 0.6) is 0 Å². The van der Waals surface area contributed by atoms with Crippen LogP contribution in [-0.2, 0) is 19.6 Å². The summed E-state index contributed by atoms with van der Waals surface area (Å²) in [5.74, 6) is 1.11. The number of imidazole rings is 1. The molecule has 0 atom stereocenters. The monoisotopic (exact) mass is 286 g/mol. The van der Waals surface area contributed by atoms with Crippen LogP contribution in [0, 0.1) is 0 Å². The summed E-state index contributed by atoms with van der Waals surface area (Å²) in [6, 6.07) is 8.34. The Bertz CT molecular complexity index is 672. The van der Waals surface area contributed by atoms with E-state index in [1.54, 1.807) is 11.3 Å². The van der Waals surface area contributed by atoms with Gasteiger partial charge in [0.05, 0.1) is 23.1 Å². The fraction of sp³-hybridized carbons (Fsp3) is 0.333. The average molecular weight is 286 g/mol. The molecule has 1 aromatic carbocycles. The highest BCUT2D eigenvalue weighted by molar-refractivity contribution is 7.09. The first-order valence-corrected chi connectivity index (χ1v) is 7.78. The molecule has 0 saturated carbocycles. The van der Waals surface area contributed by atoms with Crippen LogP contribution < -0.4 is 5.32 Å². The van der Waals surface area contributed by atoms with E-state index < -0.39 is 0 Å². The Labute approximate surface area is 122 Å². The van der Waals surface area contributed by atoms with Crippen molar-refractivity contribution in [3.05, 3.63) is 46.7 Å². The van der Waals surface area contributed by atoms with Crippen LogP contribution in [0.15, 0.2) is 36.0 Å². The maximum atomic E-state index is 4.74. The van der Waals surface area contributed by atoms with E-state index in [0.717, 1.165) is 37.4 Å². The maximum Gasteiger partial charge on any atom is 0.123 e. The van der Waals surface area contributed by atoms with Crippen LogP contribution in [0.2, 0.25) is 0 Å². The van der Waals surface area contributed by atoms with E-state index >= 15 is 0 Å². The number of benzene rings is 1. The SMILES string of the molecule is CCCn1c(CNCc2cncs2)nc2ccccc21. The lowest BCUT2D eigenvalue weighted by atomic mass is 10.3. The van der Waals surface area contributed by atoms with Crippen molar-refractivity contribution in [3.63, 3.8) is 0 Å². The first-order valence-electron chi connectivity index (χ1n) is 6.90. The van der Waals surface area contributed by atoms with Gasteiger partial charge in [-0.05, 0) is 18.6 Å². The predicted octanol–water partition coefficient (Wildman–Crippen LogP) is 3.19. The first kappa shape index (κ1) is 13.3. The van der Waals surface area contributed by atoms with E-state index in [9.17, 15) is 0 Å². The Balaban J connectivity index is 1.77. The molecule has 0 unspecified atom stereocenters. The number of aromatic nitrogens is 3. The Morgan fingerprint density at radius 1 is 1.25 bits per heavy atom. The quantitative estimate of drug-likeness (QED) is 0.756. The molecule has 2 aromatic heterocycles. The van der Waals surface area contributed by atoms with Gasteiger partial charge in [-0.25, -0.2) is 4.98 Å². The average Bonchev–Trinajstić information content (AvgIpc) is 3.08. The molecule has 0 fully saturated rings. The Hall–Kier alpha value is -1.72. The molecule has 0 aliphatic heterocycles. The van der Waals surface area contributed by atoms with E-state index in [-0.39, 0.29) is 0 Å². The molecule has 3 rings (SSSR count). The number of thiazole rings is 1.